The molecule has 0 radical (unpaired) electrons. The summed E-state index contributed by atoms with van der Waals surface area (Å²) in [4.78, 5) is 5.42. The van der Waals surface area contributed by atoms with Crippen molar-refractivity contribution in [2.24, 2.45) is 7.05 Å². The summed E-state index contributed by atoms with van der Waals surface area (Å²) in [6, 6.07) is 9.92. The van der Waals surface area contributed by atoms with Crippen molar-refractivity contribution in [3.8, 4) is 5.82 Å². The summed E-state index contributed by atoms with van der Waals surface area (Å²) in [6.45, 7) is 0.703. The SMILES string of the molecule is COCC(COC)(OC)c1ccnc(-n2cc(SNc3cccc4cnn(C)c34)cn2)c1. The van der Waals surface area contributed by atoms with E-state index in [0.29, 0.717) is 19.0 Å². The van der Waals surface area contributed by atoms with Crippen LogP contribution in [0.2, 0.25) is 0 Å². The Bertz CT molecular complexity index is 1190. The monoisotopic (exact) mass is 454 g/mol. The Kier molecular flexibility index (Phi) is 6.75. The van der Waals surface area contributed by atoms with Gasteiger partial charge >= 0.3 is 0 Å². The van der Waals surface area contributed by atoms with Crippen LogP contribution in [0, 0.1) is 0 Å². The minimum atomic E-state index is -0.727. The second-order valence-electron chi connectivity index (χ2n) is 7.30. The smallest absolute Gasteiger partial charge is 0.153 e. The van der Waals surface area contributed by atoms with Crippen LogP contribution in [0.1, 0.15) is 5.56 Å². The molecule has 4 rings (SSSR count). The van der Waals surface area contributed by atoms with Gasteiger partial charge in [0, 0.05) is 46.2 Å². The molecule has 168 valence electrons. The molecule has 0 aliphatic heterocycles. The average molecular weight is 455 g/mol. The van der Waals surface area contributed by atoms with Gasteiger partial charge in [-0.3, -0.25) is 4.68 Å². The maximum Gasteiger partial charge on any atom is 0.153 e. The van der Waals surface area contributed by atoms with Crippen LogP contribution >= 0.6 is 11.9 Å². The molecule has 0 saturated carbocycles. The number of hydrogen-bond acceptors (Lipinski definition) is 8. The Morgan fingerprint density at radius 1 is 1.06 bits per heavy atom. The highest BCUT2D eigenvalue weighted by atomic mass is 32.2. The number of nitrogens with one attached hydrogen (secondary N) is 1. The minimum Gasteiger partial charge on any atom is -0.381 e. The first-order chi connectivity index (χ1) is 15.6. The van der Waals surface area contributed by atoms with Crippen LogP contribution in [0.3, 0.4) is 0 Å². The Hall–Kier alpha value is -2.92. The van der Waals surface area contributed by atoms with Crippen molar-refractivity contribution in [3.05, 3.63) is 60.7 Å². The zero-order valence-corrected chi connectivity index (χ0v) is 19.3. The molecule has 32 heavy (non-hydrogen) atoms. The number of fused-ring (bicyclic) bond motifs is 1. The van der Waals surface area contributed by atoms with Gasteiger partial charge in [0.25, 0.3) is 0 Å². The van der Waals surface area contributed by atoms with Gasteiger partial charge in [-0.1, -0.05) is 12.1 Å². The maximum atomic E-state index is 5.80. The number of rotatable bonds is 10. The summed E-state index contributed by atoms with van der Waals surface area (Å²) in [7, 11) is 6.86. The number of anilines is 1. The number of pyridine rings is 1. The first kappa shape index (κ1) is 22.3. The largest absolute Gasteiger partial charge is 0.381 e. The molecule has 3 aromatic heterocycles. The highest BCUT2D eigenvalue weighted by Gasteiger charge is 2.33. The topological polar surface area (TPSA) is 88.3 Å². The average Bonchev–Trinajstić information content (AvgIpc) is 3.45. The van der Waals surface area contributed by atoms with E-state index in [4.69, 9.17) is 14.2 Å². The van der Waals surface area contributed by atoms with Crippen molar-refractivity contribution in [2.45, 2.75) is 10.5 Å². The standard InChI is InChI=1S/C22H26N6O3S/c1-27-21-16(11-24-27)6-5-7-19(21)26-32-18-12-25-28(13-18)20-10-17(8-9-23-20)22(31-4,14-29-2)15-30-3/h5-13,26H,14-15H2,1-4H3. The third-order valence-corrected chi connectivity index (χ3v) is 6.02. The molecule has 9 nitrogen and oxygen atoms in total. The third-order valence-electron chi connectivity index (χ3n) is 5.25. The highest BCUT2D eigenvalue weighted by molar-refractivity contribution is 8.00. The van der Waals surface area contributed by atoms with Gasteiger partial charge in [-0.15, -0.1) is 0 Å². The number of benzene rings is 1. The Balaban J connectivity index is 1.55. The zero-order chi connectivity index (χ0) is 22.6. The van der Waals surface area contributed by atoms with E-state index in [1.807, 2.05) is 54.5 Å². The van der Waals surface area contributed by atoms with Gasteiger partial charge in [0.2, 0.25) is 0 Å². The van der Waals surface area contributed by atoms with Gasteiger partial charge < -0.3 is 18.9 Å². The molecule has 0 amide bonds. The van der Waals surface area contributed by atoms with Crippen LogP contribution in [0.4, 0.5) is 5.69 Å². The minimum absolute atomic E-state index is 0.352. The van der Waals surface area contributed by atoms with E-state index >= 15 is 0 Å². The molecule has 4 aromatic rings. The van der Waals surface area contributed by atoms with Crippen molar-refractivity contribution in [1.82, 2.24) is 24.5 Å². The Morgan fingerprint density at radius 2 is 1.88 bits per heavy atom. The van der Waals surface area contributed by atoms with Crippen LogP contribution in [-0.2, 0) is 26.9 Å². The maximum absolute atomic E-state index is 5.80. The van der Waals surface area contributed by atoms with Crippen LogP contribution in [0.15, 0.2) is 60.0 Å². The van der Waals surface area contributed by atoms with Gasteiger partial charge in [0.15, 0.2) is 5.82 Å². The van der Waals surface area contributed by atoms with Crippen LogP contribution in [-0.4, -0.2) is 59.1 Å². The lowest BCUT2D eigenvalue weighted by atomic mass is 9.96. The molecule has 0 bridgehead atoms. The Morgan fingerprint density at radius 3 is 2.62 bits per heavy atom. The molecule has 0 fully saturated rings. The Labute approximate surface area is 190 Å². The van der Waals surface area contributed by atoms with Crippen molar-refractivity contribution >= 4 is 28.5 Å². The van der Waals surface area contributed by atoms with E-state index < -0.39 is 5.60 Å². The third kappa shape index (κ3) is 4.35. The van der Waals surface area contributed by atoms with E-state index in [1.54, 1.807) is 38.4 Å². The molecule has 0 spiro atoms. The first-order valence-electron chi connectivity index (χ1n) is 9.98. The van der Waals surface area contributed by atoms with Crippen LogP contribution in [0.25, 0.3) is 16.7 Å². The van der Waals surface area contributed by atoms with Crippen molar-refractivity contribution in [3.63, 3.8) is 0 Å². The lowest BCUT2D eigenvalue weighted by molar-refractivity contribution is -0.109. The summed E-state index contributed by atoms with van der Waals surface area (Å²) in [5.74, 6) is 0.678. The van der Waals surface area contributed by atoms with Gasteiger partial charge in [0.1, 0.15) is 5.60 Å². The second kappa shape index (κ2) is 9.70. The lowest BCUT2D eigenvalue weighted by Crippen LogP contribution is -2.38. The fourth-order valence-corrected chi connectivity index (χ4v) is 4.30. The number of methoxy groups -OCH3 is 3. The summed E-state index contributed by atoms with van der Waals surface area (Å²) < 4.78 is 23.6. The molecule has 10 heteroatoms. The quantitative estimate of drug-likeness (QED) is 0.365. The van der Waals surface area contributed by atoms with E-state index in [2.05, 4.69) is 19.9 Å². The second-order valence-corrected chi connectivity index (χ2v) is 8.18. The fourth-order valence-electron chi connectivity index (χ4n) is 3.65. The molecule has 1 N–H and O–H groups in total. The summed E-state index contributed by atoms with van der Waals surface area (Å²) in [6.07, 6.45) is 7.31. The fraction of sp³-hybridized carbons (Fsp3) is 0.318. The number of ether oxygens (including phenoxy) is 3. The number of nitrogens with zero attached hydrogens (tertiary/aromatic N) is 5. The molecule has 0 aliphatic carbocycles. The number of hydrogen-bond donors (Lipinski definition) is 1. The molecule has 0 atom stereocenters. The predicted molar refractivity (Wildman–Crippen MR) is 124 cm³/mol. The van der Waals surface area contributed by atoms with E-state index in [0.717, 1.165) is 27.0 Å². The lowest BCUT2D eigenvalue weighted by Gasteiger charge is -2.31. The molecule has 0 aliphatic rings. The van der Waals surface area contributed by atoms with Gasteiger partial charge in [-0.05, 0) is 35.7 Å². The number of para-hydroxylation sites is 1. The predicted octanol–water partition coefficient (Wildman–Crippen LogP) is 3.41. The van der Waals surface area contributed by atoms with Crippen molar-refractivity contribution < 1.29 is 14.2 Å². The van der Waals surface area contributed by atoms with Crippen LogP contribution < -0.4 is 4.72 Å². The highest BCUT2D eigenvalue weighted by Crippen LogP contribution is 2.29. The molecule has 0 unspecified atom stereocenters. The van der Waals surface area contributed by atoms with Crippen molar-refractivity contribution in [1.29, 1.82) is 0 Å². The van der Waals surface area contributed by atoms with Crippen molar-refractivity contribution in [2.75, 3.05) is 39.3 Å². The van der Waals surface area contributed by atoms with Crippen LogP contribution in [0.5, 0.6) is 0 Å². The molecular formula is C22H26N6O3S. The van der Waals surface area contributed by atoms with E-state index in [-0.39, 0.29) is 0 Å². The zero-order valence-electron chi connectivity index (χ0n) is 18.5. The van der Waals surface area contributed by atoms with E-state index in [9.17, 15) is 0 Å². The molecule has 1 aromatic carbocycles. The number of aromatic nitrogens is 5. The van der Waals surface area contributed by atoms with Gasteiger partial charge in [-0.25, -0.2) is 9.67 Å². The molecular weight excluding hydrogens is 428 g/mol. The molecule has 0 saturated heterocycles. The molecule has 3 heterocycles. The summed E-state index contributed by atoms with van der Waals surface area (Å²) >= 11 is 1.48. The van der Waals surface area contributed by atoms with Gasteiger partial charge in [-0.2, -0.15) is 10.2 Å². The summed E-state index contributed by atoms with van der Waals surface area (Å²) in [5.41, 5.74) is 2.22. The normalized spacial score (nSPS) is 11.9. The number of aryl methyl sites for hydroxylation is 1. The first-order valence-corrected chi connectivity index (χ1v) is 10.8. The summed E-state index contributed by atoms with van der Waals surface area (Å²) in [5, 5.41) is 9.90. The van der Waals surface area contributed by atoms with E-state index in [1.165, 1.54) is 11.9 Å². The van der Waals surface area contributed by atoms with Gasteiger partial charge in [0.05, 0.1) is 41.7 Å².